The van der Waals surface area contributed by atoms with E-state index in [4.69, 9.17) is 10.3 Å². The third kappa shape index (κ3) is 4.35. The van der Waals surface area contributed by atoms with E-state index in [9.17, 15) is 26.4 Å². The Morgan fingerprint density at radius 1 is 1.21 bits per heavy atom. The van der Waals surface area contributed by atoms with Crippen LogP contribution in [0.3, 0.4) is 0 Å². The minimum Gasteiger partial charge on any atom is -0.335 e. The first kappa shape index (κ1) is 22.9. The number of nitrogens with two attached hydrogens (primary N) is 1. The van der Waals surface area contributed by atoms with E-state index in [1.807, 2.05) is 0 Å². The molecule has 0 saturated heterocycles. The van der Waals surface area contributed by atoms with Gasteiger partial charge in [0.05, 0.1) is 34.5 Å². The number of hydrogen-bond acceptors (Lipinski definition) is 7. The van der Waals surface area contributed by atoms with Gasteiger partial charge in [0.25, 0.3) is 5.89 Å². The van der Waals surface area contributed by atoms with E-state index >= 15 is 0 Å². The fourth-order valence-corrected chi connectivity index (χ4v) is 4.97. The van der Waals surface area contributed by atoms with Gasteiger partial charge in [-0.05, 0) is 43.7 Å². The smallest absolute Gasteiger partial charge is 0.264 e. The lowest BCUT2D eigenvalue weighted by molar-refractivity contribution is -0.119. The Kier molecular flexibility index (Phi) is 5.53. The fraction of sp³-hybridized carbons (Fsp3) is 0.286. The molecule has 3 aromatic rings. The van der Waals surface area contributed by atoms with Crippen LogP contribution in [-0.4, -0.2) is 36.3 Å². The Labute approximate surface area is 187 Å². The summed E-state index contributed by atoms with van der Waals surface area (Å²) in [5.74, 6) is -3.67. The predicted molar refractivity (Wildman–Crippen MR) is 111 cm³/mol. The standard InChI is InChI=1S/C21H19F3N4O4S/c1-21(2,24)20-26-18(27-32-20)13-7-16-17(8-14(13)23)33(30,31)10-15(25)19(29)28(16)9-11-3-5-12(22)6-4-11/h3-8,15H,9-10,25H2,1-2H3/t15-/m0/s1. The Morgan fingerprint density at radius 2 is 1.88 bits per heavy atom. The third-order valence-electron chi connectivity index (χ3n) is 5.09. The van der Waals surface area contributed by atoms with E-state index in [1.54, 1.807) is 0 Å². The molecule has 1 amide bonds. The molecule has 174 valence electrons. The van der Waals surface area contributed by atoms with E-state index in [2.05, 4.69) is 10.1 Å². The zero-order valence-electron chi connectivity index (χ0n) is 17.5. The first-order chi connectivity index (χ1) is 15.4. The molecule has 0 unspecified atom stereocenters. The van der Waals surface area contributed by atoms with Gasteiger partial charge >= 0.3 is 0 Å². The summed E-state index contributed by atoms with van der Waals surface area (Å²) in [7, 11) is -4.14. The van der Waals surface area contributed by atoms with E-state index in [-0.39, 0.29) is 23.6 Å². The van der Waals surface area contributed by atoms with Crippen molar-refractivity contribution in [3.05, 3.63) is 59.5 Å². The van der Waals surface area contributed by atoms with Gasteiger partial charge in [0.2, 0.25) is 11.7 Å². The topological polar surface area (TPSA) is 119 Å². The number of carbonyl (C=O) groups is 1. The Bertz CT molecular complexity index is 1330. The second-order valence-electron chi connectivity index (χ2n) is 8.13. The molecule has 0 fully saturated rings. The van der Waals surface area contributed by atoms with Crippen LogP contribution >= 0.6 is 0 Å². The molecule has 1 aliphatic heterocycles. The summed E-state index contributed by atoms with van der Waals surface area (Å²) in [5.41, 5.74) is 3.87. The van der Waals surface area contributed by atoms with Crippen molar-refractivity contribution in [2.75, 3.05) is 10.7 Å². The van der Waals surface area contributed by atoms with Crippen LogP contribution in [0.15, 0.2) is 45.8 Å². The first-order valence-electron chi connectivity index (χ1n) is 9.78. The highest BCUT2D eigenvalue weighted by Crippen LogP contribution is 2.37. The van der Waals surface area contributed by atoms with Crippen molar-refractivity contribution in [2.24, 2.45) is 5.73 Å². The van der Waals surface area contributed by atoms with Gasteiger partial charge in [-0.15, -0.1) is 0 Å². The summed E-state index contributed by atoms with van der Waals surface area (Å²) in [4.78, 5) is 17.5. The Hall–Kier alpha value is -3.25. The van der Waals surface area contributed by atoms with Gasteiger partial charge in [0.15, 0.2) is 15.5 Å². The Balaban J connectivity index is 1.89. The van der Waals surface area contributed by atoms with Gasteiger partial charge in [-0.1, -0.05) is 17.3 Å². The van der Waals surface area contributed by atoms with Crippen molar-refractivity contribution in [1.29, 1.82) is 0 Å². The quantitative estimate of drug-likeness (QED) is 0.610. The van der Waals surface area contributed by atoms with E-state index in [1.165, 1.54) is 38.1 Å². The van der Waals surface area contributed by atoms with Crippen LogP contribution < -0.4 is 10.6 Å². The van der Waals surface area contributed by atoms with E-state index in [0.29, 0.717) is 5.56 Å². The molecule has 2 heterocycles. The number of sulfone groups is 1. The maximum atomic E-state index is 15.0. The number of carbonyl (C=O) groups excluding carboxylic acids is 1. The number of halogens is 3. The Morgan fingerprint density at radius 3 is 2.48 bits per heavy atom. The van der Waals surface area contributed by atoms with Crippen LogP contribution in [0.5, 0.6) is 0 Å². The summed E-state index contributed by atoms with van der Waals surface area (Å²) in [6.45, 7) is 2.19. The number of rotatable bonds is 4. The van der Waals surface area contributed by atoms with Gasteiger partial charge in [0.1, 0.15) is 11.6 Å². The van der Waals surface area contributed by atoms with E-state index < -0.39 is 55.6 Å². The van der Waals surface area contributed by atoms with Crippen molar-refractivity contribution in [3.8, 4) is 11.4 Å². The number of amides is 1. The van der Waals surface area contributed by atoms with Crippen molar-refractivity contribution in [2.45, 2.75) is 37.0 Å². The molecule has 33 heavy (non-hydrogen) atoms. The second kappa shape index (κ2) is 7.96. The number of benzene rings is 2. The molecular weight excluding hydrogens is 461 g/mol. The monoisotopic (exact) mass is 480 g/mol. The summed E-state index contributed by atoms with van der Waals surface area (Å²) >= 11 is 0. The number of alkyl halides is 1. The molecule has 8 nitrogen and oxygen atoms in total. The van der Waals surface area contributed by atoms with Crippen LogP contribution in [0.1, 0.15) is 25.3 Å². The molecule has 1 aliphatic rings. The average molecular weight is 480 g/mol. The van der Waals surface area contributed by atoms with Crippen LogP contribution in [0, 0.1) is 11.6 Å². The SMILES string of the molecule is CC(C)(F)c1nc(-c2cc3c(cc2F)S(=O)(=O)C[C@H](N)C(=O)N3Cc2ccc(F)cc2)no1. The summed E-state index contributed by atoms with van der Waals surface area (Å²) in [5, 5.41) is 3.59. The molecule has 0 bridgehead atoms. The second-order valence-corrected chi connectivity index (χ2v) is 10.1. The summed E-state index contributed by atoms with van der Waals surface area (Å²) < 4.78 is 73.0. The van der Waals surface area contributed by atoms with Crippen LogP contribution in [0.2, 0.25) is 0 Å². The van der Waals surface area contributed by atoms with Crippen molar-refractivity contribution in [1.82, 2.24) is 10.1 Å². The van der Waals surface area contributed by atoms with Gasteiger partial charge in [0, 0.05) is 0 Å². The van der Waals surface area contributed by atoms with Crippen molar-refractivity contribution < 1.29 is 30.9 Å². The molecule has 0 aliphatic carbocycles. The molecular formula is C21H19F3N4O4S. The zero-order valence-corrected chi connectivity index (χ0v) is 18.4. The highest BCUT2D eigenvalue weighted by atomic mass is 32.2. The number of fused-ring (bicyclic) bond motifs is 1. The minimum absolute atomic E-state index is 0.153. The lowest BCUT2D eigenvalue weighted by Gasteiger charge is -2.24. The third-order valence-corrected chi connectivity index (χ3v) is 6.88. The maximum Gasteiger partial charge on any atom is 0.264 e. The zero-order chi connectivity index (χ0) is 24.1. The highest BCUT2D eigenvalue weighted by Gasteiger charge is 2.37. The number of aromatic nitrogens is 2. The van der Waals surface area contributed by atoms with Gasteiger partial charge < -0.3 is 15.2 Å². The minimum atomic E-state index is -4.14. The molecule has 0 radical (unpaired) electrons. The highest BCUT2D eigenvalue weighted by molar-refractivity contribution is 7.91. The number of anilines is 1. The maximum absolute atomic E-state index is 15.0. The van der Waals surface area contributed by atoms with Crippen LogP contribution in [0.4, 0.5) is 18.9 Å². The summed E-state index contributed by atoms with van der Waals surface area (Å²) in [6, 6.07) is 5.65. The van der Waals surface area contributed by atoms with Gasteiger partial charge in [-0.2, -0.15) is 4.98 Å². The number of nitrogens with zero attached hydrogens (tertiary/aromatic N) is 3. The molecule has 1 atom stereocenters. The largest absolute Gasteiger partial charge is 0.335 e. The first-order valence-corrected chi connectivity index (χ1v) is 11.4. The number of hydrogen-bond donors (Lipinski definition) is 1. The van der Waals surface area contributed by atoms with Crippen LogP contribution in [-0.2, 0) is 26.8 Å². The lowest BCUT2D eigenvalue weighted by Crippen LogP contribution is -2.45. The molecule has 0 saturated carbocycles. The molecule has 2 N–H and O–H groups in total. The average Bonchev–Trinajstić information content (AvgIpc) is 3.21. The van der Waals surface area contributed by atoms with Crippen molar-refractivity contribution >= 4 is 21.4 Å². The molecule has 1 aromatic heterocycles. The van der Waals surface area contributed by atoms with Gasteiger partial charge in [-0.3, -0.25) is 4.79 Å². The van der Waals surface area contributed by atoms with E-state index in [0.717, 1.165) is 17.0 Å². The van der Waals surface area contributed by atoms with Crippen molar-refractivity contribution in [3.63, 3.8) is 0 Å². The normalized spacial score (nSPS) is 18.2. The molecule has 0 spiro atoms. The molecule has 12 heteroatoms. The van der Waals surface area contributed by atoms with Gasteiger partial charge in [-0.25, -0.2) is 21.6 Å². The summed E-state index contributed by atoms with van der Waals surface area (Å²) in [6.07, 6.45) is 0. The lowest BCUT2D eigenvalue weighted by atomic mass is 10.1. The molecule has 4 rings (SSSR count). The fourth-order valence-electron chi connectivity index (χ4n) is 3.40. The predicted octanol–water partition coefficient (Wildman–Crippen LogP) is 2.87. The molecule has 2 aromatic carbocycles. The van der Waals surface area contributed by atoms with Crippen LogP contribution in [0.25, 0.3) is 11.4 Å².